The second kappa shape index (κ2) is 6.35. The molecule has 0 bridgehead atoms. The maximum absolute atomic E-state index is 12.4. The Hall–Kier alpha value is -2.13. The fourth-order valence-electron chi connectivity index (χ4n) is 1.94. The van der Waals surface area contributed by atoms with Crippen LogP contribution in [0.5, 0.6) is 5.75 Å². The van der Waals surface area contributed by atoms with Gasteiger partial charge in [0.1, 0.15) is 5.75 Å². The fraction of sp³-hybridized carbons (Fsp3) is 0.235. The van der Waals surface area contributed by atoms with E-state index in [-0.39, 0.29) is 11.9 Å². The summed E-state index contributed by atoms with van der Waals surface area (Å²) in [5.41, 5.74) is 7.85. The lowest BCUT2D eigenvalue weighted by Gasteiger charge is -2.10. The smallest absolute Gasteiger partial charge is 0.193 e. The number of carbonyl (C=O) groups is 1. The first kappa shape index (κ1) is 14.3. The van der Waals surface area contributed by atoms with Gasteiger partial charge in [-0.3, -0.25) is 4.79 Å². The van der Waals surface area contributed by atoms with E-state index in [1.165, 1.54) is 0 Å². The van der Waals surface area contributed by atoms with Gasteiger partial charge in [0.2, 0.25) is 0 Å². The van der Waals surface area contributed by atoms with Gasteiger partial charge in [-0.15, -0.1) is 0 Å². The van der Waals surface area contributed by atoms with Gasteiger partial charge in [0, 0.05) is 17.7 Å². The monoisotopic (exact) mass is 269 g/mol. The highest BCUT2D eigenvalue weighted by Gasteiger charge is 2.10. The Morgan fingerprint density at radius 3 is 2.40 bits per heavy atom. The molecule has 0 fully saturated rings. The third kappa shape index (κ3) is 3.45. The minimum Gasteiger partial charge on any atom is -0.491 e. The van der Waals surface area contributed by atoms with Crippen molar-refractivity contribution in [2.75, 3.05) is 0 Å². The summed E-state index contributed by atoms with van der Waals surface area (Å²) in [4.78, 5) is 12.4. The van der Waals surface area contributed by atoms with Crippen molar-refractivity contribution in [2.45, 2.75) is 26.5 Å². The predicted molar refractivity (Wildman–Crippen MR) is 80.0 cm³/mol. The van der Waals surface area contributed by atoms with Crippen LogP contribution in [-0.4, -0.2) is 11.9 Å². The first-order valence-corrected chi connectivity index (χ1v) is 6.70. The minimum absolute atomic E-state index is 0.0113. The maximum Gasteiger partial charge on any atom is 0.193 e. The SMILES string of the molecule is CC(C)Oc1cccc(C(=O)c2ccc(CN)cc2)c1. The van der Waals surface area contributed by atoms with Gasteiger partial charge in [0.15, 0.2) is 5.78 Å². The van der Waals surface area contributed by atoms with Crippen LogP contribution in [0, 0.1) is 0 Å². The molecule has 0 aliphatic heterocycles. The number of hydrogen-bond acceptors (Lipinski definition) is 3. The lowest BCUT2D eigenvalue weighted by Crippen LogP contribution is -2.07. The third-order valence-corrected chi connectivity index (χ3v) is 2.92. The second-order valence-corrected chi connectivity index (χ2v) is 4.92. The number of hydrogen-bond donors (Lipinski definition) is 1. The number of rotatable bonds is 5. The Kier molecular flexibility index (Phi) is 4.53. The Labute approximate surface area is 119 Å². The highest BCUT2D eigenvalue weighted by Crippen LogP contribution is 2.18. The summed E-state index contributed by atoms with van der Waals surface area (Å²) in [5, 5.41) is 0. The first-order valence-electron chi connectivity index (χ1n) is 6.70. The Bertz CT molecular complexity index is 588. The molecule has 0 heterocycles. The minimum atomic E-state index is -0.0113. The summed E-state index contributed by atoms with van der Waals surface area (Å²) in [6, 6.07) is 14.6. The van der Waals surface area contributed by atoms with Crippen LogP contribution >= 0.6 is 0 Å². The van der Waals surface area contributed by atoms with E-state index in [0.717, 1.165) is 5.56 Å². The molecule has 0 aliphatic rings. The summed E-state index contributed by atoms with van der Waals surface area (Å²) in [6.45, 7) is 4.40. The number of ether oxygens (including phenoxy) is 1. The summed E-state index contributed by atoms with van der Waals surface area (Å²) in [5.74, 6) is 0.701. The van der Waals surface area contributed by atoms with Gasteiger partial charge in [-0.25, -0.2) is 0 Å². The van der Waals surface area contributed by atoms with E-state index < -0.39 is 0 Å². The quantitative estimate of drug-likeness (QED) is 0.848. The molecule has 2 aromatic carbocycles. The van der Waals surface area contributed by atoms with Crippen LogP contribution in [0.4, 0.5) is 0 Å². The van der Waals surface area contributed by atoms with Gasteiger partial charge in [0.25, 0.3) is 0 Å². The van der Waals surface area contributed by atoms with Gasteiger partial charge in [0.05, 0.1) is 6.10 Å². The molecular weight excluding hydrogens is 250 g/mol. The number of nitrogens with two attached hydrogens (primary N) is 1. The van der Waals surface area contributed by atoms with Gasteiger partial charge >= 0.3 is 0 Å². The summed E-state index contributed by atoms with van der Waals surface area (Å²) in [6.07, 6.45) is 0.0872. The molecule has 0 aromatic heterocycles. The number of carbonyl (C=O) groups excluding carboxylic acids is 1. The Morgan fingerprint density at radius 1 is 1.10 bits per heavy atom. The average molecular weight is 269 g/mol. The van der Waals surface area contributed by atoms with Gasteiger partial charge in [-0.1, -0.05) is 36.4 Å². The molecular formula is C17H19NO2. The van der Waals surface area contributed by atoms with Crippen LogP contribution in [-0.2, 0) is 6.54 Å². The highest BCUT2D eigenvalue weighted by molar-refractivity contribution is 6.09. The molecule has 0 radical (unpaired) electrons. The third-order valence-electron chi connectivity index (χ3n) is 2.92. The van der Waals surface area contributed by atoms with Crippen LogP contribution in [0.3, 0.4) is 0 Å². The highest BCUT2D eigenvalue weighted by atomic mass is 16.5. The number of benzene rings is 2. The van der Waals surface area contributed by atoms with Crippen molar-refractivity contribution in [3.8, 4) is 5.75 Å². The van der Waals surface area contributed by atoms with Crippen LogP contribution in [0.25, 0.3) is 0 Å². The van der Waals surface area contributed by atoms with Crippen molar-refractivity contribution < 1.29 is 9.53 Å². The maximum atomic E-state index is 12.4. The molecule has 0 spiro atoms. The van der Waals surface area contributed by atoms with Crippen LogP contribution in [0.15, 0.2) is 48.5 Å². The largest absolute Gasteiger partial charge is 0.491 e. The van der Waals surface area contributed by atoms with Crippen molar-refractivity contribution in [2.24, 2.45) is 5.73 Å². The standard InChI is InChI=1S/C17H19NO2/c1-12(2)20-16-5-3-4-15(10-16)17(19)14-8-6-13(11-18)7-9-14/h3-10,12H,11,18H2,1-2H3. The predicted octanol–water partition coefficient (Wildman–Crippen LogP) is 3.16. The van der Waals surface area contributed by atoms with Gasteiger partial charge in [-0.2, -0.15) is 0 Å². The van der Waals surface area contributed by atoms with E-state index in [1.807, 2.05) is 38.1 Å². The van der Waals surface area contributed by atoms with Crippen LogP contribution in [0.2, 0.25) is 0 Å². The van der Waals surface area contributed by atoms with Gasteiger partial charge < -0.3 is 10.5 Å². The Morgan fingerprint density at radius 2 is 1.80 bits per heavy atom. The normalized spacial score (nSPS) is 10.6. The zero-order valence-corrected chi connectivity index (χ0v) is 11.8. The van der Waals surface area contributed by atoms with Crippen molar-refractivity contribution >= 4 is 5.78 Å². The molecule has 104 valence electrons. The first-order chi connectivity index (χ1) is 9.60. The molecule has 0 saturated carbocycles. The van der Waals surface area contributed by atoms with Crippen molar-refractivity contribution in [1.29, 1.82) is 0 Å². The molecule has 0 atom stereocenters. The van der Waals surface area contributed by atoms with Crippen LogP contribution < -0.4 is 10.5 Å². The molecule has 0 amide bonds. The van der Waals surface area contributed by atoms with E-state index in [9.17, 15) is 4.79 Å². The summed E-state index contributed by atoms with van der Waals surface area (Å²) < 4.78 is 5.61. The fourth-order valence-corrected chi connectivity index (χ4v) is 1.94. The van der Waals surface area contributed by atoms with Crippen LogP contribution in [0.1, 0.15) is 35.3 Å². The van der Waals surface area contributed by atoms with E-state index >= 15 is 0 Å². The van der Waals surface area contributed by atoms with Crippen molar-refractivity contribution in [3.05, 3.63) is 65.2 Å². The molecule has 0 aliphatic carbocycles. The summed E-state index contributed by atoms with van der Waals surface area (Å²) in [7, 11) is 0. The molecule has 0 unspecified atom stereocenters. The van der Waals surface area contributed by atoms with Crippen molar-refractivity contribution in [1.82, 2.24) is 0 Å². The van der Waals surface area contributed by atoms with E-state index in [2.05, 4.69) is 0 Å². The molecule has 2 N–H and O–H groups in total. The lowest BCUT2D eigenvalue weighted by atomic mass is 10.0. The topological polar surface area (TPSA) is 52.3 Å². The molecule has 2 rings (SSSR count). The van der Waals surface area contributed by atoms with E-state index in [4.69, 9.17) is 10.5 Å². The van der Waals surface area contributed by atoms with E-state index in [0.29, 0.717) is 23.4 Å². The van der Waals surface area contributed by atoms with Gasteiger partial charge in [-0.05, 0) is 31.5 Å². The molecule has 2 aromatic rings. The zero-order valence-electron chi connectivity index (χ0n) is 11.8. The zero-order chi connectivity index (χ0) is 14.5. The molecule has 20 heavy (non-hydrogen) atoms. The van der Waals surface area contributed by atoms with Crippen molar-refractivity contribution in [3.63, 3.8) is 0 Å². The Balaban J connectivity index is 2.23. The molecule has 0 saturated heterocycles. The van der Waals surface area contributed by atoms with E-state index in [1.54, 1.807) is 24.3 Å². The molecule has 3 nitrogen and oxygen atoms in total. The molecule has 3 heteroatoms. The average Bonchev–Trinajstić information content (AvgIpc) is 2.46. The second-order valence-electron chi connectivity index (χ2n) is 4.92. The summed E-state index contributed by atoms with van der Waals surface area (Å²) >= 11 is 0. The lowest BCUT2D eigenvalue weighted by molar-refractivity contribution is 0.103. The number of ketones is 1.